The average molecular weight is 274 g/mol. The van der Waals surface area contributed by atoms with Gasteiger partial charge in [0.25, 0.3) is 0 Å². The van der Waals surface area contributed by atoms with Crippen molar-refractivity contribution in [1.82, 2.24) is 10.2 Å². The van der Waals surface area contributed by atoms with Gasteiger partial charge in [-0.05, 0) is 30.0 Å². The van der Waals surface area contributed by atoms with Crippen LogP contribution in [-0.2, 0) is 11.3 Å². The minimum Gasteiger partial charge on any atom is -0.380 e. The lowest BCUT2D eigenvalue weighted by atomic mass is 9.89. The van der Waals surface area contributed by atoms with Crippen molar-refractivity contribution >= 4 is 0 Å². The summed E-state index contributed by atoms with van der Waals surface area (Å²) in [4.78, 5) is 2.59. The highest BCUT2D eigenvalue weighted by molar-refractivity contribution is 5.32. The summed E-state index contributed by atoms with van der Waals surface area (Å²) in [6, 6.07) is 8.88. The van der Waals surface area contributed by atoms with E-state index in [1.54, 1.807) is 5.56 Å². The molecule has 0 bridgehead atoms. The average Bonchev–Trinajstić information content (AvgIpc) is 2.49. The molecule has 0 spiro atoms. The number of ether oxygens (including phenoxy) is 1. The Kier molecular flexibility index (Phi) is 4.39. The second-order valence-electron chi connectivity index (χ2n) is 6.33. The molecule has 3 heteroatoms. The van der Waals surface area contributed by atoms with Crippen LogP contribution in [0, 0.1) is 5.92 Å². The lowest BCUT2D eigenvalue weighted by Crippen LogP contribution is -2.46. The molecule has 0 aliphatic carbocycles. The number of nitrogens with one attached hydrogen (secondary N) is 1. The van der Waals surface area contributed by atoms with Gasteiger partial charge in [0.2, 0.25) is 0 Å². The number of methoxy groups -OCH3 is 1. The fourth-order valence-electron chi connectivity index (χ4n) is 3.63. The van der Waals surface area contributed by atoms with E-state index in [0.717, 1.165) is 26.2 Å². The summed E-state index contributed by atoms with van der Waals surface area (Å²) in [7, 11) is 1.85. The first kappa shape index (κ1) is 14.1. The molecular formula is C17H26N2O. The third-order valence-corrected chi connectivity index (χ3v) is 4.96. The van der Waals surface area contributed by atoms with Gasteiger partial charge in [-0.1, -0.05) is 31.2 Å². The van der Waals surface area contributed by atoms with E-state index >= 15 is 0 Å². The minimum atomic E-state index is 0.399. The maximum atomic E-state index is 5.63. The van der Waals surface area contributed by atoms with Crippen molar-refractivity contribution in [3.63, 3.8) is 0 Å². The van der Waals surface area contributed by atoms with E-state index in [2.05, 4.69) is 41.4 Å². The van der Waals surface area contributed by atoms with Crippen molar-refractivity contribution in [2.75, 3.05) is 33.3 Å². The van der Waals surface area contributed by atoms with Gasteiger partial charge in [-0.3, -0.25) is 0 Å². The standard InChI is InChI=1S/C17H26N2O/c1-13-7-8-19(12-17(13)20-2)11-15-10-18-9-14-5-3-4-6-16(14)15/h3-6,13,15,17-18H,7-12H2,1-2H3. The number of hydrogen-bond acceptors (Lipinski definition) is 3. The Bertz CT molecular complexity index is 448. The van der Waals surface area contributed by atoms with Gasteiger partial charge in [-0.25, -0.2) is 0 Å². The second-order valence-corrected chi connectivity index (χ2v) is 6.33. The fraction of sp³-hybridized carbons (Fsp3) is 0.647. The van der Waals surface area contributed by atoms with E-state index in [-0.39, 0.29) is 0 Å². The van der Waals surface area contributed by atoms with Crippen molar-refractivity contribution in [3.8, 4) is 0 Å². The monoisotopic (exact) mass is 274 g/mol. The molecule has 2 heterocycles. The Morgan fingerprint density at radius 3 is 3.05 bits per heavy atom. The molecule has 3 atom stereocenters. The Morgan fingerprint density at radius 2 is 2.20 bits per heavy atom. The zero-order valence-electron chi connectivity index (χ0n) is 12.6. The molecule has 1 aromatic carbocycles. The Balaban J connectivity index is 1.67. The molecule has 1 fully saturated rings. The van der Waals surface area contributed by atoms with Crippen LogP contribution in [0.5, 0.6) is 0 Å². The first-order chi connectivity index (χ1) is 9.78. The molecule has 0 radical (unpaired) electrons. The van der Waals surface area contributed by atoms with Gasteiger partial charge in [0, 0.05) is 39.2 Å². The number of benzene rings is 1. The number of likely N-dealkylation sites (tertiary alicyclic amines) is 1. The van der Waals surface area contributed by atoms with Crippen molar-refractivity contribution < 1.29 is 4.74 Å². The van der Waals surface area contributed by atoms with Gasteiger partial charge in [0.05, 0.1) is 6.10 Å². The molecule has 3 rings (SSSR count). The van der Waals surface area contributed by atoms with Gasteiger partial charge < -0.3 is 15.0 Å². The number of fused-ring (bicyclic) bond motifs is 1. The molecule has 2 aliphatic rings. The predicted molar refractivity (Wildman–Crippen MR) is 81.9 cm³/mol. The highest BCUT2D eigenvalue weighted by Gasteiger charge is 2.29. The van der Waals surface area contributed by atoms with Gasteiger partial charge in [0.1, 0.15) is 0 Å². The van der Waals surface area contributed by atoms with Crippen molar-refractivity contribution in [2.45, 2.75) is 31.9 Å². The minimum absolute atomic E-state index is 0.399. The van der Waals surface area contributed by atoms with Crippen LogP contribution in [0.25, 0.3) is 0 Å². The first-order valence-electron chi connectivity index (χ1n) is 7.81. The number of nitrogens with zero attached hydrogens (tertiary/aromatic N) is 1. The Labute approximate surface area is 122 Å². The highest BCUT2D eigenvalue weighted by atomic mass is 16.5. The highest BCUT2D eigenvalue weighted by Crippen LogP contribution is 2.27. The molecule has 1 N–H and O–H groups in total. The smallest absolute Gasteiger partial charge is 0.0724 e. The van der Waals surface area contributed by atoms with Gasteiger partial charge in [-0.15, -0.1) is 0 Å². The van der Waals surface area contributed by atoms with Crippen LogP contribution in [0.3, 0.4) is 0 Å². The van der Waals surface area contributed by atoms with Gasteiger partial charge in [0.15, 0.2) is 0 Å². The van der Waals surface area contributed by atoms with Crippen LogP contribution in [0.4, 0.5) is 0 Å². The summed E-state index contributed by atoms with van der Waals surface area (Å²) in [5.41, 5.74) is 3.01. The number of hydrogen-bond donors (Lipinski definition) is 1. The third kappa shape index (κ3) is 2.90. The molecule has 1 aromatic rings. The fourth-order valence-corrected chi connectivity index (χ4v) is 3.63. The first-order valence-corrected chi connectivity index (χ1v) is 7.81. The topological polar surface area (TPSA) is 24.5 Å². The number of rotatable bonds is 3. The molecule has 1 saturated heterocycles. The molecular weight excluding hydrogens is 248 g/mol. The van der Waals surface area contributed by atoms with E-state index < -0.39 is 0 Å². The molecule has 2 aliphatic heterocycles. The van der Waals surface area contributed by atoms with Crippen LogP contribution >= 0.6 is 0 Å². The Hall–Kier alpha value is -0.900. The number of piperidine rings is 1. The zero-order valence-corrected chi connectivity index (χ0v) is 12.6. The molecule has 110 valence electrons. The van der Waals surface area contributed by atoms with Gasteiger partial charge in [-0.2, -0.15) is 0 Å². The van der Waals surface area contributed by atoms with Crippen LogP contribution in [0.1, 0.15) is 30.4 Å². The van der Waals surface area contributed by atoms with Crippen LogP contribution in [-0.4, -0.2) is 44.3 Å². The summed E-state index contributed by atoms with van der Waals surface area (Å²) >= 11 is 0. The van der Waals surface area contributed by atoms with E-state index in [1.807, 2.05) is 7.11 Å². The van der Waals surface area contributed by atoms with E-state index in [4.69, 9.17) is 4.74 Å². The molecule has 3 nitrogen and oxygen atoms in total. The quantitative estimate of drug-likeness (QED) is 0.915. The van der Waals surface area contributed by atoms with E-state index in [0.29, 0.717) is 17.9 Å². The lowest BCUT2D eigenvalue weighted by Gasteiger charge is -2.39. The second kappa shape index (κ2) is 6.25. The summed E-state index contributed by atoms with van der Waals surface area (Å²) < 4.78 is 5.63. The largest absolute Gasteiger partial charge is 0.380 e. The summed E-state index contributed by atoms with van der Waals surface area (Å²) in [6.07, 6.45) is 1.65. The molecule has 20 heavy (non-hydrogen) atoms. The SMILES string of the molecule is COC1CN(CC2CNCc3ccccc32)CCC1C. The lowest BCUT2D eigenvalue weighted by molar-refractivity contribution is -0.00674. The maximum absolute atomic E-state index is 5.63. The molecule has 0 aromatic heterocycles. The summed E-state index contributed by atoms with van der Waals surface area (Å²) in [6.45, 7) is 7.86. The normalized spacial score (nSPS) is 31.0. The van der Waals surface area contributed by atoms with Crippen LogP contribution in [0.15, 0.2) is 24.3 Å². The van der Waals surface area contributed by atoms with E-state index in [9.17, 15) is 0 Å². The van der Waals surface area contributed by atoms with Crippen molar-refractivity contribution in [2.24, 2.45) is 5.92 Å². The van der Waals surface area contributed by atoms with Gasteiger partial charge >= 0.3 is 0 Å². The van der Waals surface area contributed by atoms with Crippen molar-refractivity contribution in [3.05, 3.63) is 35.4 Å². The molecule has 3 unspecified atom stereocenters. The molecule has 0 saturated carbocycles. The molecule has 0 amide bonds. The van der Waals surface area contributed by atoms with Crippen LogP contribution < -0.4 is 5.32 Å². The maximum Gasteiger partial charge on any atom is 0.0724 e. The van der Waals surface area contributed by atoms with Crippen molar-refractivity contribution in [1.29, 1.82) is 0 Å². The third-order valence-electron chi connectivity index (χ3n) is 4.96. The Morgan fingerprint density at radius 1 is 1.35 bits per heavy atom. The predicted octanol–water partition coefficient (Wildman–Crippen LogP) is 2.23. The summed E-state index contributed by atoms with van der Waals surface area (Å²) in [5.74, 6) is 1.30. The van der Waals surface area contributed by atoms with E-state index in [1.165, 1.54) is 18.5 Å². The van der Waals surface area contributed by atoms with Crippen LogP contribution in [0.2, 0.25) is 0 Å². The summed E-state index contributed by atoms with van der Waals surface area (Å²) in [5, 5.41) is 3.56. The zero-order chi connectivity index (χ0) is 13.9.